The number of benzene rings is 1. The molecule has 0 unspecified atom stereocenters. The average molecular weight is 262 g/mol. The van der Waals surface area contributed by atoms with E-state index in [2.05, 4.69) is 4.90 Å². The second kappa shape index (κ2) is 5.59. The van der Waals surface area contributed by atoms with Crippen molar-refractivity contribution in [2.45, 2.75) is 38.8 Å². The summed E-state index contributed by atoms with van der Waals surface area (Å²) >= 11 is 0. The van der Waals surface area contributed by atoms with E-state index in [4.69, 9.17) is 5.73 Å². The van der Waals surface area contributed by atoms with Crippen LogP contribution in [0.4, 0.5) is 4.39 Å². The van der Waals surface area contributed by atoms with E-state index in [0.29, 0.717) is 6.54 Å². The third-order valence-corrected chi connectivity index (χ3v) is 4.17. The van der Waals surface area contributed by atoms with Gasteiger partial charge in [0, 0.05) is 31.7 Å². The zero-order chi connectivity index (χ0) is 13.2. The molecule has 2 aliphatic carbocycles. The molecule has 2 aliphatic rings. The van der Waals surface area contributed by atoms with Crippen molar-refractivity contribution in [2.24, 2.45) is 17.6 Å². The minimum Gasteiger partial charge on any atom is -0.326 e. The highest BCUT2D eigenvalue weighted by molar-refractivity contribution is 5.24. The first kappa shape index (κ1) is 13.1. The van der Waals surface area contributed by atoms with Crippen molar-refractivity contribution in [3.8, 4) is 0 Å². The fourth-order valence-corrected chi connectivity index (χ4v) is 2.62. The van der Waals surface area contributed by atoms with Crippen molar-refractivity contribution in [3.05, 3.63) is 35.1 Å². The molecule has 19 heavy (non-hydrogen) atoms. The zero-order valence-corrected chi connectivity index (χ0v) is 11.4. The van der Waals surface area contributed by atoms with Crippen LogP contribution in [-0.4, -0.2) is 18.0 Å². The van der Waals surface area contributed by atoms with Crippen LogP contribution in [0.1, 0.15) is 36.8 Å². The molecule has 3 rings (SSSR count). The van der Waals surface area contributed by atoms with Gasteiger partial charge in [-0.25, -0.2) is 4.39 Å². The average Bonchev–Trinajstić information content (AvgIpc) is 3.27. The zero-order valence-electron chi connectivity index (χ0n) is 11.4. The van der Waals surface area contributed by atoms with Crippen LogP contribution in [0.5, 0.6) is 0 Å². The summed E-state index contributed by atoms with van der Waals surface area (Å²) in [5.74, 6) is 1.63. The Hall–Kier alpha value is -0.930. The van der Waals surface area contributed by atoms with Gasteiger partial charge in [-0.2, -0.15) is 0 Å². The Balaban J connectivity index is 1.65. The van der Waals surface area contributed by atoms with Crippen molar-refractivity contribution in [3.63, 3.8) is 0 Å². The number of halogens is 1. The molecule has 0 atom stereocenters. The largest absolute Gasteiger partial charge is 0.326 e. The van der Waals surface area contributed by atoms with E-state index in [1.54, 1.807) is 6.07 Å². The van der Waals surface area contributed by atoms with Crippen LogP contribution in [0.3, 0.4) is 0 Å². The van der Waals surface area contributed by atoms with E-state index < -0.39 is 0 Å². The van der Waals surface area contributed by atoms with Crippen molar-refractivity contribution in [1.82, 2.24) is 4.90 Å². The van der Waals surface area contributed by atoms with E-state index in [1.807, 2.05) is 12.1 Å². The predicted molar refractivity (Wildman–Crippen MR) is 75.0 cm³/mol. The molecule has 0 bridgehead atoms. The quantitative estimate of drug-likeness (QED) is 0.818. The third kappa shape index (κ3) is 3.77. The standard InChI is InChI=1S/C16H23FN2/c17-16-7-14(8-18)5-6-15(16)11-19(9-12-1-2-12)10-13-3-4-13/h5-7,12-13H,1-4,8-11,18H2. The van der Waals surface area contributed by atoms with Crippen molar-refractivity contribution >= 4 is 0 Å². The summed E-state index contributed by atoms with van der Waals surface area (Å²) < 4.78 is 14.0. The normalized spacial score (nSPS) is 19.1. The first-order valence-electron chi connectivity index (χ1n) is 7.44. The van der Waals surface area contributed by atoms with Crippen LogP contribution >= 0.6 is 0 Å². The van der Waals surface area contributed by atoms with Gasteiger partial charge in [-0.15, -0.1) is 0 Å². The summed E-state index contributed by atoms with van der Waals surface area (Å²) in [6.07, 6.45) is 5.43. The van der Waals surface area contributed by atoms with Gasteiger partial charge >= 0.3 is 0 Å². The maximum absolute atomic E-state index is 14.0. The molecule has 0 aliphatic heterocycles. The van der Waals surface area contributed by atoms with Gasteiger partial charge in [0.25, 0.3) is 0 Å². The van der Waals surface area contributed by atoms with Crippen LogP contribution in [0.25, 0.3) is 0 Å². The Labute approximate surface area is 114 Å². The van der Waals surface area contributed by atoms with Gasteiger partial charge in [-0.1, -0.05) is 12.1 Å². The monoisotopic (exact) mass is 262 g/mol. The van der Waals surface area contributed by atoms with Gasteiger partial charge in [0.2, 0.25) is 0 Å². The lowest BCUT2D eigenvalue weighted by Gasteiger charge is -2.22. The van der Waals surface area contributed by atoms with Crippen LogP contribution < -0.4 is 5.73 Å². The topological polar surface area (TPSA) is 29.3 Å². The Morgan fingerprint density at radius 1 is 1.11 bits per heavy atom. The molecular formula is C16H23FN2. The smallest absolute Gasteiger partial charge is 0.128 e. The molecule has 2 fully saturated rings. The van der Waals surface area contributed by atoms with Crippen LogP contribution in [-0.2, 0) is 13.1 Å². The minimum absolute atomic E-state index is 0.0976. The van der Waals surface area contributed by atoms with Crippen molar-refractivity contribution < 1.29 is 4.39 Å². The molecule has 0 radical (unpaired) electrons. The van der Waals surface area contributed by atoms with Gasteiger partial charge in [-0.3, -0.25) is 4.90 Å². The molecule has 0 aromatic heterocycles. The van der Waals surface area contributed by atoms with Crippen LogP contribution in [0, 0.1) is 17.7 Å². The summed E-state index contributed by atoms with van der Waals surface area (Å²) in [5.41, 5.74) is 7.23. The van der Waals surface area contributed by atoms with E-state index in [9.17, 15) is 4.39 Å². The van der Waals surface area contributed by atoms with Gasteiger partial charge in [0.15, 0.2) is 0 Å². The lowest BCUT2D eigenvalue weighted by atomic mass is 10.1. The first-order chi connectivity index (χ1) is 9.24. The Bertz CT molecular complexity index is 424. The summed E-state index contributed by atoms with van der Waals surface area (Å²) in [5, 5.41) is 0. The second-order valence-electron chi connectivity index (χ2n) is 6.21. The highest BCUT2D eigenvalue weighted by atomic mass is 19.1. The van der Waals surface area contributed by atoms with E-state index in [-0.39, 0.29) is 5.82 Å². The number of hydrogen-bond acceptors (Lipinski definition) is 2. The number of hydrogen-bond donors (Lipinski definition) is 1. The SMILES string of the molecule is NCc1ccc(CN(CC2CC2)CC2CC2)c(F)c1. The molecular weight excluding hydrogens is 239 g/mol. The molecule has 0 amide bonds. The Morgan fingerprint density at radius 3 is 2.21 bits per heavy atom. The molecule has 0 spiro atoms. The molecule has 1 aromatic rings. The Morgan fingerprint density at radius 2 is 1.74 bits per heavy atom. The third-order valence-electron chi connectivity index (χ3n) is 4.17. The molecule has 3 heteroatoms. The van der Waals surface area contributed by atoms with Crippen LogP contribution in [0.2, 0.25) is 0 Å². The number of rotatable bonds is 7. The predicted octanol–water partition coefficient (Wildman–Crippen LogP) is 2.91. The maximum Gasteiger partial charge on any atom is 0.128 e. The van der Waals surface area contributed by atoms with Crippen molar-refractivity contribution in [1.29, 1.82) is 0 Å². The summed E-state index contributed by atoms with van der Waals surface area (Å²) in [7, 11) is 0. The molecule has 2 N–H and O–H groups in total. The van der Waals surface area contributed by atoms with Crippen LogP contribution in [0.15, 0.2) is 18.2 Å². The summed E-state index contributed by atoms with van der Waals surface area (Å²) in [4.78, 5) is 2.45. The number of nitrogens with zero attached hydrogens (tertiary/aromatic N) is 1. The highest BCUT2D eigenvalue weighted by Gasteiger charge is 2.29. The highest BCUT2D eigenvalue weighted by Crippen LogP contribution is 2.34. The minimum atomic E-state index is -0.0976. The van der Waals surface area contributed by atoms with Gasteiger partial charge < -0.3 is 5.73 Å². The van der Waals surface area contributed by atoms with E-state index >= 15 is 0 Å². The molecule has 2 saturated carbocycles. The van der Waals surface area contributed by atoms with E-state index in [0.717, 1.165) is 42.6 Å². The van der Waals surface area contributed by atoms with Crippen molar-refractivity contribution in [2.75, 3.05) is 13.1 Å². The second-order valence-corrected chi connectivity index (χ2v) is 6.21. The first-order valence-corrected chi connectivity index (χ1v) is 7.44. The molecule has 0 saturated heterocycles. The van der Waals surface area contributed by atoms with Gasteiger partial charge in [0.05, 0.1) is 0 Å². The van der Waals surface area contributed by atoms with E-state index in [1.165, 1.54) is 25.7 Å². The fourth-order valence-electron chi connectivity index (χ4n) is 2.62. The van der Waals surface area contributed by atoms with Gasteiger partial charge in [-0.05, 0) is 49.1 Å². The fraction of sp³-hybridized carbons (Fsp3) is 0.625. The summed E-state index contributed by atoms with van der Waals surface area (Å²) in [6, 6.07) is 5.44. The molecule has 0 heterocycles. The Kier molecular flexibility index (Phi) is 3.85. The maximum atomic E-state index is 14.0. The lowest BCUT2D eigenvalue weighted by Crippen LogP contribution is -2.28. The molecule has 2 nitrogen and oxygen atoms in total. The lowest BCUT2D eigenvalue weighted by molar-refractivity contribution is 0.241. The molecule has 104 valence electrons. The van der Waals surface area contributed by atoms with Gasteiger partial charge in [0.1, 0.15) is 5.82 Å². The summed E-state index contributed by atoms with van der Waals surface area (Å²) in [6.45, 7) is 3.46. The number of nitrogens with two attached hydrogens (primary N) is 1. The molecule has 1 aromatic carbocycles.